The van der Waals surface area contributed by atoms with Gasteiger partial charge in [0.1, 0.15) is 11.0 Å². The van der Waals surface area contributed by atoms with E-state index in [9.17, 15) is 0 Å². The second-order valence-electron chi connectivity index (χ2n) is 3.64. The van der Waals surface area contributed by atoms with Crippen LogP contribution in [0, 0.1) is 6.92 Å². The van der Waals surface area contributed by atoms with Gasteiger partial charge >= 0.3 is 0 Å². The summed E-state index contributed by atoms with van der Waals surface area (Å²) in [5.41, 5.74) is 0.915. The number of rotatable bonds is 1. The van der Waals surface area contributed by atoms with Crippen LogP contribution in [0.15, 0.2) is 4.47 Å². The van der Waals surface area contributed by atoms with Crippen molar-refractivity contribution in [1.29, 1.82) is 0 Å². The van der Waals surface area contributed by atoms with Gasteiger partial charge in [0.2, 0.25) is 0 Å². The zero-order chi connectivity index (χ0) is 11.7. The lowest BCUT2D eigenvalue weighted by atomic mass is 10.3. The molecular weight excluding hydrogens is 328 g/mol. The Kier molecular flexibility index (Phi) is 4.44. The van der Waals surface area contributed by atoms with E-state index in [1.165, 1.54) is 5.75 Å². The summed E-state index contributed by atoms with van der Waals surface area (Å²) in [7, 11) is 0. The molecule has 0 bridgehead atoms. The van der Waals surface area contributed by atoms with Gasteiger partial charge in [0.15, 0.2) is 0 Å². The lowest BCUT2D eigenvalue weighted by molar-refractivity contribution is 0.811. The molecule has 0 saturated carbocycles. The van der Waals surface area contributed by atoms with Crippen LogP contribution in [0.5, 0.6) is 0 Å². The van der Waals surface area contributed by atoms with E-state index in [0.29, 0.717) is 15.7 Å². The molecular formula is C10H12BrClN2S2. The van der Waals surface area contributed by atoms with Crippen molar-refractivity contribution in [2.45, 2.75) is 24.3 Å². The molecule has 6 heteroatoms. The fourth-order valence-electron chi connectivity index (χ4n) is 1.59. The minimum absolute atomic E-state index is 0.364. The molecule has 1 saturated heterocycles. The molecule has 16 heavy (non-hydrogen) atoms. The molecule has 0 spiro atoms. The summed E-state index contributed by atoms with van der Waals surface area (Å²) >= 11 is 13.4. The van der Waals surface area contributed by atoms with Gasteiger partial charge in [-0.2, -0.15) is 11.8 Å². The summed E-state index contributed by atoms with van der Waals surface area (Å²) < 4.78 is 0.805. The zero-order valence-electron chi connectivity index (χ0n) is 9.04. The van der Waals surface area contributed by atoms with Gasteiger partial charge in [0.25, 0.3) is 0 Å². The summed E-state index contributed by atoms with van der Waals surface area (Å²) in [5, 5.41) is 1.43. The molecule has 1 aliphatic heterocycles. The summed E-state index contributed by atoms with van der Waals surface area (Å²) in [5.74, 6) is 3.25. The van der Waals surface area contributed by atoms with Crippen LogP contribution in [0.1, 0.15) is 23.7 Å². The van der Waals surface area contributed by atoms with Gasteiger partial charge in [-0.25, -0.2) is 9.97 Å². The predicted molar refractivity (Wildman–Crippen MR) is 76.6 cm³/mol. The fraction of sp³-hybridized carbons (Fsp3) is 0.600. The Morgan fingerprint density at radius 2 is 2.00 bits per heavy atom. The first-order valence-corrected chi connectivity index (χ1v) is 8.29. The van der Waals surface area contributed by atoms with E-state index in [1.54, 1.807) is 0 Å². The summed E-state index contributed by atoms with van der Waals surface area (Å²) in [6.45, 7) is 4.18. The van der Waals surface area contributed by atoms with Crippen LogP contribution in [0.2, 0.25) is 5.15 Å². The minimum Gasteiger partial charge on any atom is -0.236 e. The highest BCUT2D eigenvalue weighted by Gasteiger charge is 2.27. The van der Waals surface area contributed by atoms with Crippen LogP contribution in [0.3, 0.4) is 0 Å². The Morgan fingerprint density at radius 3 is 2.62 bits per heavy atom. The molecule has 88 valence electrons. The van der Waals surface area contributed by atoms with Crippen molar-refractivity contribution in [3.05, 3.63) is 21.1 Å². The van der Waals surface area contributed by atoms with Crippen molar-refractivity contribution in [3.8, 4) is 0 Å². The van der Waals surface area contributed by atoms with Gasteiger partial charge < -0.3 is 0 Å². The molecule has 1 fully saturated rings. The van der Waals surface area contributed by atoms with E-state index in [1.807, 2.05) is 30.4 Å². The molecule has 0 amide bonds. The van der Waals surface area contributed by atoms with Crippen LogP contribution < -0.4 is 0 Å². The second kappa shape index (κ2) is 5.46. The molecule has 1 aromatic rings. The second-order valence-corrected chi connectivity index (χ2v) is 7.52. The molecule has 1 aromatic heterocycles. The molecule has 2 heterocycles. The molecule has 2 nitrogen and oxygen atoms in total. The average molecular weight is 340 g/mol. The van der Waals surface area contributed by atoms with Gasteiger partial charge in [0.05, 0.1) is 15.4 Å². The topological polar surface area (TPSA) is 25.8 Å². The Balaban J connectivity index is 2.32. The number of aryl methyl sites for hydroxylation is 1. The smallest absolute Gasteiger partial charge is 0.147 e. The predicted octanol–water partition coefficient (Wildman–Crippen LogP) is 4.11. The maximum atomic E-state index is 6.07. The van der Waals surface area contributed by atoms with E-state index in [2.05, 4.69) is 32.8 Å². The van der Waals surface area contributed by atoms with Crippen LogP contribution >= 0.6 is 51.1 Å². The summed E-state index contributed by atoms with van der Waals surface area (Å²) in [4.78, 5) is 8.91. The van der Waals surface area contributed by atoms with E-state index >= 15 is 0 Å². The Labute approximate surface area is 117 Å². The Hall–Kier alpha value is 0.550. The van der Waals surface area contributed by atoms with E-state index in [-0.39, 0.29) is 0 Å². The molecule has 0 radical (unpaired) electrons. The van der Waals surface area contributed by atoms with Crippen molar-refractivity contribution in [2.75, 3.05) is 11.5 Å². The van der Waals surface area contributed by atoms with Crippen molar-refractivity contribution in [3.63, 3.8) is 0 Å². The van der Waals surface area contributed by atoms with E-state index < -0.39 is 0 Å². The highest BCUT2D eigenvalue weighted by atomic mass is 79.9. The standard InChI is InChI=1S/C10H12BrClN2S2/c1-5-7(11)9(12)14-10(13-5)8-6(2)15-3-4-16-8/h6,8H,3-4H2,1-2H3. The van der Waals surface area contributed by atoms with Gasteiger partial charge in [-0.1, -0.05) is 18.5 Å². The molecule has 0 aliphatic carbocycles. The van der Waals surface area contributed by atoms with Gasteiger partial charge in [-0.05, 0) is 22.9 Å². The summed E-state index contributed by atoms with van der Waals surface area (Å²) in [6.07, 6.45) is 0. The quantitative estimate of drug-likeness (QED) is 0.719. The highest BCUT2D eigenvalue weighted by Crippen LogP contribution is 2.41. The maximum absolute atomic E-state index is 6.07. The number of halogens is 2. The van der Waals surface area contributed by atoms with Crippen molar-refractivity contribution in [1.82, 2.24) is 9.97 Å². The fourth-order valence-corrected chi connectivity index (χ4v) is 4.68. The number of aromatic nitrogens is 2. The summed E-state index contributed by atoms with van der Waals surface area (Å²) in [6, 6.07) is 0. The number of nitrogens with zero attached hydrogens (tertiary/aromatic N) is 2. The number of hydrogen-bond acceptors (Lipinski definition) is 4. The normalized spacial score (nSPS) is 25.8. The first-order chi connectivity index (χ1) is 7.59. The molecule has 0 aromatic carbocycles. The third-order valence-electron chi connectivity index (χ3n) is 2.44. The minimum atomic E-state index is 0.364. The molecule has 1 aliphatic rings. The number of thioether (sulfide) groups is 2. The van der Waals surface area contributed by atoms with E-state index in [0.717, 1.165) is 21.7 Å². The first-order valence-electron chi connectivity index (χ1n) is 5.02. The average Bonchev–Trinajstić information content (AvgIpc) is 2.26. The Bertz CT molecular complexity index is 379. The molecule has 2 atom stereocenters. The van der Waals surface area contributed by atoms with Crippen LogP contribution in [0.4, 0.5) is 0 Å². The zero-order valence-corrected chi connectivity index (χ0v) is 13.0. The lowest BCUT2D eigenvalue weighted by Gasteiger charge is -2.26. The van der Waals surface area contributed by atoms with Crippen LogP contribution in [-0.4, -0.2) is 26.7 Å². The van der Waals surface area contributed by atoms with Gasteiger partial charge in [-0.15, -0.1) is 11.8 Å². The molecule has 2 rings (SSSR count). The Morgan fingerprint density at radius 1 is 1.31 bits per heavy atom. The third kappa shape index (κ3) is 2.68. The van der Waals surface area contributed by atoms with Crippen molar-refractivity contribution in [2.24, 2.45) is 0 Å². The monoisotopic (exact) mass is 338 g/mol. The van der Waals surface area contributed by atoms with Gasteiger partial charge in [0, 0.05) is 16.8 Å². The van der Waals surface area contributed by atoms with Crippen molar-refractivity contribution >= 4 is 51.1 Å². The van der Waals surface area contributed by atoms with Crippen LogP contribution in [0.25, 0.3) is 0 Å². The van der Waals surface area contributed by atoms with Crippen LogP contribution in [-0.2, 0) is 0 Å². The van der Waals surface area contributed by atoms with E-state index in [4.69, 9.17) is 11.6 Å². The third-order valence-corrected chi connectivity index (χ3v) is 6.97. The first kappa shape index (κ1) is 13.0. The number of hydrogen-bond donors (Lipinski definition) is 0. The molecule has 0 N–H and O–H groups in total. The highest BCUT2D eigenvalue weighted by molar-refractivity contribution is 9.10. The van der Waals surface area contributed by atoms with Crippen molar-refractivity contribution < 1.29 is 0 Å². The van der Waals surface area contributed by atoms with Gasteiger partial charge in [-0.3, -0.25) is 0 Å². The maximum Gasteiger partial charge on any atom is 0.147 e. The SMILES string of the molecule is Cc1nc(C2SCCSC2C)nc(Cl)c1Br. The largest absolute Gasteiger partial charge is 0.236 e. The lowest BCUT2D eigenvalue weighted by Crippen LogP contribution is -2.18. The molecule has 2 unspecified atom stereocenters.